The Kier molecular flexibility index (Phi) is 5.26. The van der Waals surface area contributed by atoms with Crippen LogP contribution in [-0.4, -0.2) is 36.0 Å². The highest BCUT2D eigenvalue weighted by Crippen LogP contribution is 2.24. The van der Waals surface area contributed by atoms with E-state index in [1.54, 1.807) is 60.4 Å². The van der Waals surface area contributed by atoms with Gasteiger partial charge in [-0.25, -0.2) is 0 Å². The predicted molar refractivity (Wildman–Crippen MR) is 102 cm³/mol. The molecule has 2 aromatic carbocycles. The molecule has 0 radical (unpaired) electrons. The van der Waals surface area contributed by atoms with Crippen molar-refractivity contribution >= 4 is 23.5 Å². The number of nitrogens with zero attached hydrogens (tertiary/aromatic N) is 1. The molecule has 6 heteroatoms. The Hall–Kier alpha value is -3.15. The summed E-state index contributed by atoms with van der Waals surface area (Å²) >= 11 is 0. The first-order valence-corrected chi connectivity index (χ1v) is 8.89. The Balaban J connectivity index is 1.75. The van der Waals surface area contributed by atoms with Crippen LogP contribution in [0.3, 0.4) is 0 Å². The van der Waals surface area contributed by atoms with E-state index in [0.717, 1.165) is 6.42 Å². The van der Waals surface area contributed by atoms with E-state index in [2.05, 4.69) is 5.32 Å². The molecule has 1 heterocycles. The van der Waals surface area contributed by atoms with Gasteiger partial charge in [0.25, 0.3) is 5.91 Å². The summed E-state index contributed by atoms with van der Waals surface area (Å²) in [5, 5.41) is 12.4. The van der Waals surface area contributed by atoms with Crippen LogP contribution in [0, 0.1) is 0 Å². The van der Waals surface area contributed by atoms with Gasteiger partial charge in [0.15, 0.2) is 0 Å². The third-order valence-electron chi connectivity index (χ3n) is 4.98. The molecule has 140 valence electrons. The topological polar surface area (TPSA) is 86.7 Å². The summed E-state index contributed by atoms with van der Waals surface area (Å²) in [6.07, 6.45) is 1.33. The van der Waals surface area contributed by atoms with Crippen LogP contribution in [0.2, 0.25) is 0 Å². The van der Waals surface area contributed by atoms with Gasteiger partial charge in [-0.05, 0) is 37.1 Å². The van der Waals surface area contributed by atoms with E-state index in [0.29, 0.717) is 29.8 Å². The summed E-state index contributed by atoms with van der Waals surface area (Å²) in [5.41, 5.74) is 0.468. The van der Waals surface area contributed by atoms with Crippen molar-refractivity contribution in [2.45, 2.75) is 25.2 Å². The average molecular weight is 366 g/mol. The molecule has 0 saturated carbocycles. The van der Waals surface area contributed by atoms with E-state index in [4.69, 9.17) is 0 Å². The Morgan fingerprint density at radius 1 is 1.15 bits per heavy atom. The van der Waals surface area contributed by atoms with Crippen molar-refractivity contribution < 1.29 is 19.5 Å². The maximum Gasteiger partial charge on any atom is 0.315 e. The van der Waals surface area contributed by atoms with Gasteiger partial charge in [-0.1, -0.05) is 36.4 Å². The second kappa shape index (κ2) is 7.61. The standard InChI is InChI=1S/C21H22N2O4/c1-21(20(26)27,16-8-3-2-4-9-16)14-22-19(25)15-7-5-10-17(13-15)23-12-6-11-18(23)24/h2-5,7-10,13H,6,11-12,14H2,1H3,(H,22,25)(H,26,27). The van der Waals surface area contributed by atoms with E-state index in [9.17, 15) is 19.5 Å². The smallest absolute Gasteiger partial charge is 0.315 e. The molecule has 2 aromatic rings. The molecule has 0 spiro atoms. The Morgan fingerprint density at radius 3 is 2.52 bits per heavy atom. The van der Waals surface area contributed by atoms with Gasteiger partial charge in [-0.15, -0.1) is 0 Å². The van der Waals surface area contributed by atoms with Gasteiger partial charge in [0.1, 0.15) is 5.41 Å². The maximum absolute atomic E-state index is 12.6. The SMILES string of the molecule is CC(CNC(=O)c1cccc(N2CCCC2=O)c1)(C(=O)O)c1ccccc1. The maximum atomic E-state index is 12.6. The zero-order valence-electron chi connectivity index (χ0n) is 15.1. The number of nitrogens with one attached hydrogen (secondary N) is 1. The van der Waals surface area contributed by atoms with Gasteiger partial charge in [-0.3, -0.25) is 14.4 Å². The van der Waals surface area contributed by atoms with Crippen LogP contribution in [-0.2, 0) is 15.0 Å². The van der Waals surface area contributed by atoms with Gasteiger partial charge in [0.05, 0.1) is 0 Å². The lowest BCUT2D eigenvalue weighted by molar-refractivity contribution is -0.143. The van der Waals surface area contributed by atoms with Gasteiger partial charge < -0.3 is 15.3 Å². The van der Waals surface area contributed by atoms with Crippen molar-refractivity contribution in [3.63, 3.8) is 0 Å². The molecule has 3 rings (SSSR count). The highest BCUT2D eigenvalue weighted by atomic mass is 16.4. The molecular formula is C21H22N2O4. The fraction of sp³-hybridized carbons (Fsp3) is 0.286. The van der Waals surface area contributed by atoms with Crippen LogP contribution >= 0.6 is 0 Å². The normalized spacial score (nSPS) is 16.0. The fourth-order valence-electron chi connectivity index (χ4n) is 3.20. The number of hydrogen-bond donors (Lipinski definition) is 2. The van der Waals surface area contributed by atoms with Crippen LogP contribution in [0.15, 0.2) is 54.6 Å². The van der Waals surface area contributed by atoms with Crippen molar-refractivity contribution in [2.75, 3.05) is 18.0 Å². The number of carbonyl (C=O) groups excluding carboxylic acids is 2. The number of amides is 2. The number of rotatable bonds is 6. The third kappa shape index (κ3) is 3.84. The van der Waals surface area contributed by atoms with Crippen molar-refractivity contribution in [3.8, 4) is 0 Å². The highest BCUT2D eigenvalue weighted by molar-refractivity contribution is 5.99. The van der Waals surface area contributed by atoms with Crippen molar-refractivity contribution in [3.05, 3.63) is 65.7 Å². The minimum absolute atomic E-state index is 0.0436. The fourth-order valence-corrected chi connectivity index (χ4v) is 3.20. The quantitative estimate of drug-likeness (QED) is 0.823. The molecule has 1 aliphatic rings. The molecule has 2 N–H and O–H groups in total. The third-order valence-corrected chi connectivity index (χ3v) is 4.98. The highest BCUT2D eigenvalue weighted by Gasteiger charge is 2.35. The minimum Gasteiger partial charge on any atom is -0.481 e. The van der Waals surface area contributed by atoms with Crippen molar-refractivity contribution in [1.82, 2.24) is 5.32 Å². The average Bonchev–Trinajstić information content (AvgIpc) is 3.12. The lowest BCUT2D eigenvalue weighted by Gasteiger charge is -2.26. The van der Waals surface area contributed by atoms with Gasteiger partial charge in [0, 0.05) is 30.8 Å². The van der Waals surface area contributed by atoms with Gasteiger partial charge >= 0.3 is 5.97 Å². The summed E-state index contributed by atoms with van der Waals surface area (Å²) in [6, 6.07) is 15.7. The lowest BCUT2D eigenvalue weighted by atomic mass is 9.82. The van der Waals surface area contributed by atoms with E-state index in [1.807, 2.05) is 6.07 Å². The van der Waals surface area contributed by atoms with E-state index < -0.39 is 11.4 Å². The van der Waals surface area contributed by atoms with Crippen LogP contribution < -0.4 is 10.2 Å². The molecule has 1 fully saturated rings. The first kappa shape index (κ1) is 18.6. The summed E-state index contributed by atoms with van der Waals surface area (Å²) in [5.74, 6) is -1.33. The molecule has 27 heavy (non-hydrogen) atoms. The zero-order chi connectivity index (χ0) is 19.4. The summed E-state index contributed by atoms with van der Waals surface area (Å²) in [4.78, 5) is 38.0. The van der Waals surface area contributed by atoms with Crippen molar-refractivity contribution in [1.29, 1.82) is 0 Å². The van der Waals surface area contributed by atoms with E-state index >= 15 is 0 Å². The second-order valence-corrected chi connectivity index (χ2v) is 6.89. The van der Waals surface area contributed by atoms with E-state index in [-0.39, 0.29) is 18.4 Å². The van der Waals surface area contributed by atoms with Crippen LogP contribution in [0.5, 0.6) is 0 Å². The summed E-state index contributed by atoms with van der Waals surface area (Å²) < 4.78 is 0. The molecule has 1 saturated heterocycles. The molecule has 0 aliphatic carbocycles. The molecule has 1 unspecified atom stereocenters. The molecule has 2 amide bonds. The van der Waals surface area contributed by atoms with Crippen LogP contribution in [0.1, 0.15) is 35.7 Å². The Labute approximate surface area is 157 Å². The Bertz CT molecular complexity index is 865. The molecule has 6 nitrogen and oxygen atoms in total. The van der Waals surface area contributed by atoms with E-state index in [1.165, 1.54) is 0 Å². The predicted octanol–water partition coefficient (Wildman–Crippen LogP) is 2.59. The minimum atomic E-state index is -1.24. The zero-order valence-corrected chi connectivity index (χ0v) is 15.1. The molecular weight excluding hydrogens is 344 g/mol. The number of carbonyl (C=O) groups is 3. The molecule has 0 aromatic heterocycles. The molecule has 1 aliphatic heterocycles. The second-order valence-electron chi connectivity index (χ2n) is 6.89. The number of aliphatic carboxylic acids is 1. The van der Waals surface area contributed by atoms with Crippen molar-refractivity contribution in [2.24, 2.45) is 0 Å². The first-order chi connectivity index (χ1) is 12.9. The number of hydrogen-bond acceptors (Lipinski definition) is 3. The number of anilines is 1. The van der Waals surface area contributed by atoms with Crippen LogP contribution in [0.4, 0.5) is 5.69 Å². The summed E-state index contributed by atoms with van der Waals surface area (Å²) in [6.45, 7) is 2.19. The molecule has 0 bridgehead atoms. The Morgan fingerprint density at radius 2 is 1.89 bits per heavy atom. The van der Waals surface area contributed by atoms with Gasteiger partial charge in [0.2, 0.25) is 5.91 Å². The number of benzene rings is 2. The van der Waals surface area contributed by atoms with Gasteiger partial charge in [-0.2, -0.15) is 0 Å². The largest absolute Gasteiger partial charge is 0.481 e. The summed E-state index contributed by atoms with van der Waals surface area (Å²) in [7, 11) is 0. The molecule has 1 atom stereocenters. The number of carboxylic acids is 1. The lowest BCUT2D eigenvalue weighted by Crippen LogP contribution is -2.44. The van der Waals surface area contributed by atoms with Crippen LogP contribution in [0.25, 0.3) is 0 Å². The monoisotopic (exact) mass is 366 g/mol. The number of carboxylic acid groups (broad SMARTS) is 1. The first-order valence-electron chi connectivity index (χ1n) is 8.89.